The number of hydrogen-bond donors (Lipinski definition) is 4. The fraction of sp³-hybridized carbons (Fsp3) is 0.345. The zero-order valence-electron chi connectivity index (χ0n) is 23.2. The van der Waals surface area contributed by atoms with Crippen LogP contribution in [0.4, 0.5) is 8.78 Å². The van der Waals surface area contributed by atoms with Gasteiger partial charge in [-0.25, -0.2) is 4.98 Å². The number of nitrogens with one attached hydrogen (secondary N) is 2. The number of aromatic nitrogens is 2. The number of likely N-dealkylation sites (tertiary alicyclic amines) is 1. The molecule has 2 amide bonds. The molecule has 42 heavy (non-hydrogen) atoms. The molecular weight excluding hydrogens is 585 g/mol. The molecule has 5 rings (SSSR count). The third kappa shape index (κ3) is 5.76. The fourth-order valence-corrected chi connectivity index (χ4v) is 6.64. The number of carbonyl (C=O) groups is 2. The fourth-order valence-electron chi connectivity index (χ4n) is 5.10. The van der Waals surface area contributed by atoms with E-state index in [4.69, 9.17) is 9.79 Å². The number of rotatable bonds is 7. The van der Waals surface area contributed by atoms with Crippen LogP contribution in [-0.2, 0) is 15.0 Å². The number of alkyl halides is 2. The predicted molar refractivity (Wildman–Crippen MR) is 156 cm³/mol. The Hall–Kier alpha value is -3.44. The molecule has 1 saturated heterocycles. The number of nitrogens with zero attached hydrogens (tertiary/aromatic N) is 2. The zero-order chi connectivity index (χ0) is 30.4. The molecule has 0 radical (unpaired) electrons. The normalized spacial score (nSPS) is 17.0. The van der Waals surface area contributed by atoms with Gasteiger partial charge in [0.15, 0.2) is 0 Å². The number of amides is 2. The number of aromatic amines is 1. The summed E-state index contributed by atoms with van der Waals surface area (Å²) < 4.78 is 39.8. The first-order valence-electron chi connectivity index (χ1n) is 13.4. The van der Waals surface area contributed by atoms with Gasteiger partial charge in [0.2, 0.25) is 5.91 Å². The van der Waals surface area contributed by atoms with Gasteiger partial charge in [-0.1, -0.05) is 57.2 Å². The minimum atomic E-state index is -5.75. The molecule has 4 aromatic rings. The van der Waals surface area contributed by atoms with Gasteiger partial charge in [-0.3, -0.25) is 14.2 Å². The summed E-state index contributed by atoms with van der Waals surface area (Å²) in [6, 6.07) is 13.1. The molecule has 3 heterocycles. The Morgan fingerprint density at radius 1 is 1.14 bits per heavy atom. The Morgan fingerprint density at radius 3 is 2.52 bits per heavy atom. The van der Waals surface area contributed by atoms with Crippen LogP contribution >= 0.6 is 18.9 Å². The van der Waals surface area contributed by atoms with Gasteiger partial charge in [0.25, 0.3) is 5.91 Å². The molecule has 1 aliphatic heterocycles. The second-order valence-electron chi connectivity index (χ2n) is 11.5. The molecule has 1 aliphatic rings. The highest BCUT2D eigenvalue weighted by Gasteiger charge is 2.50. The van der Waals surface area contributed by atoms with E-state index in [0.29, 0.717) is 12.1 Å². The minimum absolute atomic E-state index is 0.0223. The Kier molecular flexibility index (Phi) is 7.86. The summed E-state index contributed by atoms with van der Waals surface area (Å²) in [4.78, 5) is 55.7. The van der Waals surface area contributed by atoms with Crippen molar-refractivity contribution in [2.75, 3.05) is 6.54 Å². The van der Waals surface area contributed by atoms with E-state index in [1.165, 1.54) is 12.1 Å². The van der Waals surface area contributed by atoms with Gasteiger partial charge in [0, 0.05) is 29.2 Å². The summed E-state index contributed by atoms with van der Waals surface area (Å²) >= 11 is 1.54. The molecule has 1 fully saturated rings. The Bertz CT molecular complexity index is 1680. The monoisotopic (exact) mass is 616 g/mol. The zero-order valence-corrected chi connectivity index (χ0v) is 24.9. The first-order chi connectivity index (χ1) is 19.7. The van der Waals surface area contributed by atoms with Gasteiger partial charge < -0.3 is 25.0 Å². The van der Waals surface area contributed by atoms with Gasteiger partial charge in [-0.05, 0) is 42.0 Å². The SMILES string of the molecule is CC(C)(C)C(NC(=O)c1cc2cc(C(F)(F)P(=O)(O)O)ccc2[nH]1)C(=O)N1CCCC1c1ncc(-c2ccccc2)s1. The van der Waals surface area contributed by atoms with Crippen molar-refractivity contribution in [1.29, 1.82) is 0 Å². The van der Waals surface area contributed by atoms with Gasteiger partial charge in [-0.2, -0.15) is 8.78 Å². The van der Waals surface area contributed by atoms with Gasteiger partial charge in [-0.15, -0.1) is 11.3 Å². The number of carbonyl (C=O) groups excluding carboxylic acids is 2. The van der Waals surface area contributed by atoms with Crippen molar-refractivity contribution in [2.24, 2.45) is 5.41 Å². The number of thiazole rings is 1. The second kappa shape index (κ2) is 11.0. The Labute approximate surface area is 245 Å². The van der Waals surface area contributed by atoms with Crippen molar-refractivity contribution < 1.29 is 32.7 Å². The van der Waals surface area contributed by atoms with Crippen LogP contribution in [0.3, 0.4) is 0 Å². The second-order valence-corrected chi connectivity index (χ2v) is 14.2. The Balaban J connectivity index is 1.37. The molecule has 2 unspecified atom stereocenters. The molecule has 0 saturated carbocycles. The van der Waals surface area contributed by atoms with Crippen molar-refractivity contribution in [3.63, 3.8) is 0 Å². The molecule has 0 aliphatic carbocycles. The summed E-state index contributed by atoms with van der Waals surface area (Å²) in [6.45, 7) is 6.06. The third-order valence-corrected chi connectivity index (χ3v) is 9.51. The van der Waals surface area contributed by atoms with E-state index in [9.17, 15) is 22.9 Å². The number of halogens is 2. The van der Waals surface area contributed by atoms with Crippen LogP contribution in [-0.4, -0.2) is 49.1 Å². The summed E-state index contributed by atoms with van der Waals surface area (Å²) in [5, 5.41) is 3.83. The summed E-state index contributed by atoms with van der Waals surface area (Å²) in [5.74, 6) is -0.853. The van der Waals surface area contributed by atoms with Gasteiger partial charge in [0.05, 0.1) is 10.9 Å². The Morgan fingerprint density at radius 2 is 1.86 bits per heavy atom. The van der Waals surface area contributed by atoms with Crippen LogP contribution < -0.4 is 5.32 Å². The van der Waals surface area contributed by atoms with Crippen molar-refractivity contribution in [1.82, 2.24) is 20.2 Å². The maximum atomic E-state index is 14.2. The molecular formula is C29H31F2N4O5PS. The summed E-state index contributed by atoms with van der Waals surface area (Å²) in [5.41, 5.74) is -4.52. The first kappa shape index (κ1) is 30.0. The highest BCUT2D eigenvalue weighted by atomic mass is 32.1. The molecule has 2 aromatic heterocycles. The van der Waals surface area contributed by atoms with Crippen molar-refractivity contribution >= 4 is 41.6 Å². The smallest absolute Gasteiger partial charge is 0.351 e. The lowest BCUT2D eigenvalue weighted by Gasteiger charge is -2.35. The summed E-state index contributed by atoms with van der Waals surface area (Å²) in [7, 11) is -5.75. The number of H-pyrrole nitrogens is 1. The van der Waals surface area contributed by atoms with E-state index in [1.807, 2.05) is 57.3 Å². The van der Waals surface area contributed by atoms with Gasteiger partial charge >= 0.3 is 13.3 Å². The highest BCUT2D eigenvalue weighted by Crippen LogP contribution is 2.59. The first-order valence-corrected chi connectivity index (χ1v) is 15.8. The lowest BCUT2D eigenvalue weighted by atomic mass is 9.85. The maximum absolute atomic E-state index is 14.2. The third-order valence-electron chi connectivity index (χ3n) is 7.37. The summed E-state index contributed by atoms with van der Waals surface area (Å²) in [6.07, 6.45) is 3.36. The van der Waals surface area contributed by atoms with E-state index in [1.54, 1.807) is 16.2 Å². The van der Waals surface area contributed by atoms with Crippen LogP contribution in [0.2, 0.25) is 0 Å². The topological polar surface area (TPSA) is 136 Å². The number of benzene rings is 2. The lowest BCUT2D eigenvalue weighted by Crippen LogP contribution is -2.54. The maximum Gasteiger partial charge on any atom is 0.399 e. The van der Waals surface area contributed by atoms with Crippen molar-refractivity contribution in [3.8, 4) is 10.4 Å². The molecule has 9 nitrogen and oxygen atoms in total. The predicted octanol–water partition coefficient (Wildman–Crippen LogP) is 6.03. The van der Waals surface area contributed by atoms with E-state index < -0.39 is 36.2 Å². The van der Waals surface area contributed by atoms with Crippen molar-refractivity contribution in [2.45, 2.75) is 51.4 Å². The largest absolute Gasteiger partial charge is 0.399 e. The average Bonchev–Trinajstić information content (AvgIpc) is 3.69. The number of fused-ring (bicyclic) bond motifs is 1. The minimum Gasteiger partial charge on any atom is -0.351 e. The molecule has 4 N–H and O–H groups in total. The molecule has 0 spiro atoms. The van der Waals surface area contributed by atoms with Crippen LogP contribution in [0.5, 0.6) is 0 Å². The number of hydrogen-bond acceptors (Lipinski definition) is 5. The lowest BCUT2D eigenvalue weighted by molar-refractivity contribution is -0.136. The highest BCUT2D eigenvalue weighted by molar-refractivity contribution is 7.52. The molecule has 13 heteroatoms. The van der Waals surface area contributed by atoms with E-state index >= 15 is 0 Å². The van der Waals surface area contributed by atoms with Crippen LogP contribution in [0, 0.1) is 5.41 Å². The van der Waals surface area contributed by atoms with Crippen LogP contribution in [0.1, 0.15) is 60.7 Å². The van der Waals surface area contributed by atoms with Crippen LogP contribution in [0.25, 0.3) is 21.3 Å². The van der Waals surface area contributed by atoms with Gasteiger partial charge in [0.1, 0.15) is 16.7 Å². The molecule has 2 aromatic carbocycles. The van der Waals surface area contributed by atoms with Crippen LogP contribution in [0.15, 0.2) is 60.8 Å². The standard InChI is InChI=1S/C29H31F2N4O5PS/c1-28(2,3)24(27(37)35-13-7-10-22(35)26-32-16-23(42-26)17-8-5-4-6-9-17)34-25(36)21-15-18-14-19(11-12-20(18)33-21)29(30,31)41(38,39)40/h4-6,8-9,11-12,14-16,22,24,33H,7,10,13H2,1-3H3,(H,34,36)(H2,38,39,40). The molecule has 0 bridgehead atoms. The average molecular weight is 617 g/mol. The van der Waals surface area contributed by atoms with Crippen molar-refractivity contribution in [3.05, 3.63) is 77.1 Å². The van der Waals surface area contributed by atoms with E-state index in [-0.39, 0.29) is 23.0 Å². The van der Waals surface area contributed by atoms with E-state index in [0.717, 1.165) is 40.4 Å². The van der Waals surface area contributed by atoms with E-state index in [2.05, 4.69) is 15.3 Å². The molecule has 2 atom stereocenters. The molecule has 222 valence electrons. The quantitative estimate of drug-likeness (QED) is 0.187.